The van der Waals surface area contributed by atoms with Crippen molar-refractivity contribution in [2.45, 2.75) is 31.9 Å². The summed E-state index contributed by atoms with van der Waals surface area (Å²) < 4.78 is 53.1. The van der Waals surface area contributed by atoms with Gasteiger partial charge in [0.25, 0.3) is 5.22 Å². The van der Waals surface area contributed by atoms with E-state index in [-0.39, 0.29) is 16.7 Å². The third-order valence-electron chi connectivity index (χ3n) is 2.45. The van der Waals surface area contributed by atoms with Crippen molar-refractivity contribution in [2.75, 3.05) is 12.4 Å². The van der Waals surface area contributed by atoms with Gasteiger partial charge in [-0.1, -0.05) is 19.0 Å². The molecule has 0 aromatic carbocycles. The van der Waals surface area contributed by atoms with Gasteiger partial charge >= 0.3 is 6.08 Å². The lowest BCUT2D eigenvalue weighted by molar-refractivity contribution is 0.134. The first-order valence-electron chi connectivity index (χ1n) is 6.59. The van der Waals surface area contributed by atoms with E-state index in [0.29, 0.717) is 12.5 Å². The SMILES string of the molecule is CC(C)CCO/N=C/c1cnc(S(=O)CCC(F)=C(F)F)o1. The summed E-state index contributed by atoms with van der Waals surface area (Å²) in [6.07, 6.45) is 0.336. The molecule has 0 spiro atoms. The minimum Gasteiger partial charge on any atom is -0.429 e. The highest BCUT2D eigenvalue weighted by Crippen LogP contribution is 2.15. The van der Waals surface area contributed by atoms with Crippen molar-refractivity contribution in [3.8, 4) is 0 Å². The summed E-state index contributed by atoms with van der Waals surface area (Å²) in [6, 6.07) is 0. The van der Waals surface area contributed by atoms with E-state index >= 15 is 0 Å². The van der Waals surface area contributed by atoms with Crippen molar-refractivity contribution in [1.29, 1.82) is 0 Å². The Kier molecular flexibility index (Phi) is 7.86. The third kappa shape index (κ3) is 6.88. The smallest absolute Gasteiger partial charge is 0.301 e. The van der Waals surface area contributed by atoms with E-state index in [1.54, 1.807) is 0 Å². The molecular weight excluding hydrogens is 321 g/mol. The molecule has 0 saturated heterocycles. The number of oxime groups is 1. The van der Waals surface area contributed by atoms with Crippen LogP contribution in [0.3, 0.4) is 0 Å². The Hall–Kier alpha value is -1.64. The summed E-state index contributed by atoms with van der Waals surface area (Å²) in [5, 5.41) is 3.49. The number of nitrogens with zero attached hydrogens (tertiary/aromatic N) is 2. The molecule has 1 atom stereocenters. The molecule has 0 aliphatic rings. The van der Waals surface area contributed by atoms with Gasteiger partial charge in [-0.05, 0) is 12.3 Å². The predicted molar refractivity (Wildman–Crippen MR) is 75.7 cm³/mol. The summed E-state index contributed by atoms with van der Waals surface area (Å²) in [6.45, 7) is 4.57. The molecular formula is C13H17F3N2O3S. The maximum absolute atomic E-state index is 12.6. The van der Waals surface area contributed by atoms with Gasteiger partial charge in [-0.3, -0.25) is 0 Å². The van der Waals surface area contributed by atoms with Gasteiger partial charge in [0.05, 0.1) is 6.20 Å². The number of aromatic nitrogens is 1. The molecule has 0 amide bonds. The molecule has 0 bridgehead atoms. The van der Waals surface area contributed by atoms with Crippen LogP contribution in [-0.4, -0.2) is 27.8 Å². The number of hydrogen-bond acceptors (Lipinski definition) is 5. The maximum atomic E-state index is 12.6. The Balaban J connectivity index is 2.45. The molecule has 22 heavy (non-hydrogen) atoms. The molecule has 1 unspecified atom stereocenters. The largest absolute Gasteiger partial charge is 0.429 e. The zero-order valence-corrected chi connectivity index (χ0v) is 13.0. The highest BCUT2D eigenvalue weighted by atomic mass is 32.2. The standard InChI is InChI=1S/C13H17F3N2O3S/c1-9(2)3-5-20-18-8-10-7-17-13(21-10)22(19)6-4-11(14)12(15)16/h7-9H,3-6H2,1-2H3/b18-8+. The zero-order valence-electron chi connectivity index (χ0n) is 12.2. The lowest BCUT2D eigenvalue weighted by atomic mass is 10.1. The molecule has 1 aromatic heterocycles. The second kappa shape index (κ2) is 9.39. The van der Waals surface area contributed by atoms with E-state index < -0.39 is 29.1 Å². The summed E-state index contributed by atoms with van der Waals surface area (Å²) in [5.74, 6) is -1.22. The minimum absolute atomic E-state index is 0.171. The lowest BCUT2D eigenvalue weighted by Crippen LogP contribution is -1.99. The molecule has 1 rings (SSSR count). The van der Waals surface area contributed by atoms with Crippen LogP contribution in [0.25, 0.3) is 0 Å². The molecule has 1 heterocycles. The number of allylic oxidation sites excluding steroid dienone is 1. The van der Waals surface area contributed by atoms with Crippen molar-refractivity contribution >= 4 is 17.0 Å². The van der Waals surface area contributed by atoms with Crippen LogP contribution in [0.1, 0.15) is 32.4 Å². The van der Waals surface area contributed by atoms with E-state index in [9.17, 15) is 17.4 Å². The second-order valence-electron chi connectivity index (χ2n) is 4.74. The Morgan fingerprint density at radius 3 is 2.86 bits per heavy atom. The van der Waals surface area contributed by atoms with Crippen LogP contribution in [-0.2, 0) is 15.6 Å². The fourth-order valence-corrected chi connectivity index (χ4v) is 2.13. The van der Waals surface area contributed by atoms with Gasteiger partial charge in [0, 0.05) is 12.2 Å². The second-order valence-corrected chi connectivity index (χ2v) is 6.19. The zero-order chi connectivity index (χ0) is 16.5. The fourth-order valence-electron chi connectivity index (χ4n) is 1.23. The monoisotopic (exact) mass is 338 g/mol. The maximum Gasteiger partial charge on any atom is 0.301 e. The summed E-state index contributed by atoms with van der Waals surface area (Å²) in [7, 11) is -1.80. The molecule has 124 valence electrons. The van der Waals surface area contributed by atoms with Crippen LogP contribution in [0.2, 0.25) is 0 Å². The van der Waals surface area contributed by atoms with Crippen molar-refractivity contribution in [1.82, 2.24) is 4.98 Å². The van der Waals surface area contributed by atoms with Gasteiger partial charge in [0.2, 0.25) is 0 Å². The average Bonchev–Trinajstić information content (AvgIpc) is 2.92. The highest BCUT2D eigenvalue weighted by molar-refractivity contribution is 7.84. The number of rotatable bonds is 9. The van der Waals surface area contributed by atoms with Gasteiger partial charge in [-0.2, -0.15) is 8.78 Å². The van der Waals surface area contributed by atoms with E-state index in [1.165, 1.54) is 12.4 Å². The van der Waals surface area contributed by atoms with Gasteiger partial charge < -0.3 is 9.25 Å². The lowest BCUT2D eigenvalue weighted by Gasteiger charge is -2.01. The molecule has 1 aromatic rings. The van der Waals surface area contributed by atoms with Crippen molar-refractivity contribution in [2.24, 2.45) is 11.1 Å². The Morgan fingerprint density at radius 1 is 1.50 bits per heavy atom. The molecule has 0 radical (unpaired) electrons. The van der Waals surface area contributed by atoms with Gasteiger partial charge in [-0.15, -0.1) is 0 Å². The first-order valence-corrected chi connectivity index (χ1v) is 7.91. The van der Waals surface area contributed by atoms with E-state index in [0.717, 1.165) is 6.42 Å². The molecule has 0 aliphatic heterocycles. The van der Waals surface area contributed by atoms with Crippen molar-refractivity contribution in [3.05, 3.63) is 23.9 Å². The van der Waals surface area contributed by atoms with Gasteiger partial charge in [-0.25, -0.2) is 13.6 Å². The van der Waals surface area contributed by atoms with Crippen LogP contribution in [0.4, 0.5) is 13.2 Å². The molecule has 0 fully saturated rings. The van der Waals surface area contributed by atoms with Crippen molar-refractivity contribution < 1.29 is 26.6 Å². The minimum atomic E-state index is -2.41. The summed E-state index contributed by atoms with van der Waals surface area (Å²) in [5.41, 5.74) is 0. The Labute approximate surface area is 128 Å². The number of oxazole rings is 1. The number of hydrogen-bond donors (Lipinski definition) is 0. The van der Waals surface area contributed by atoms with E-state index in [4.69, 9.17) is 9.25 Å². The van der Waals surface area contributed by atoms with Crippen LogP contribution in [0.5, 0.6) is 0 Å². The van der Waals surface area contributed by atoms with Gasteiger partial charge in [0.1, 0.15) is 23.6 Å². The van der Waals surface area contributed by atoms with E-state index in [2.05, 4.69) is 24.0 Å². The number of halogens is 3. The third-order valence-corrected chi connectivity index (χ3v) is 3.60. The van der Waals surface area contributed by atoms with E-state index in [1.807, 2.05) is 0 Å². The molecule has 9 heteroatoms. The van der Waals surface area contributed by atoms with Crippen LogP contribution in [0, 0.1) is 5.92 Å². The van der Waals surface area contributed by atoms with Gasteiger partial charge in [0.15, 0.2) is 11.6 Å². The average molecular weight is 338 g/mol. The molecule has 0 aliphatic carbocycles. The highest BCUT2D eigenvalue weighted by Gasteiger charge is 2.14. The first-order chi connectivity index (χ1) is 10.4. The summed E-state index contributed by atoms with van der Waals surface area (Å²) >= 11 is 0. The normalized spacial score (nSPS) is 12.8. The predicted octanol–water partition coefficient (Wildman–Crippen LogP) is 3.65. The van der Waals surface area contributed by atoms with Crippen molar-refractivity contribution in [3.63, 3.8) is 0 Å². The molecule has 5 nitrogen and oxygen atoms in total. The fraction of sp³-hybridized carbons (Fsp3) is 0.538. The quantitative estimate of drug-likeness (QED) is 0.392. The van der Waals surface area contributed by atoms with Crippen LogP contribution < -0.4 is 0 Å². The van der Waals surface area contributed by atoms with Crippen LogP contribution in [0.15, 0.2) is 32.9 Å². The molecule has 0 N–H and O–H groups in total. The summed E-state index contributed by atoms with van der Waals surface area (Å²) in [4.78, 5) is 8.72. The Bertz CT molecular complexity index is 554. The molecule has 0 saturated carbocycles. The van der Waals surface area contributed by atoms with Crippen LogP contribution >= 0.6 is 0 Å². The first kappa shape index (κ1) is 18.4. The topological polar surface area (TPSA) is 64.7 Å². The Morgan fingerprint density at radius 2 is 2.23 bits per heavy atom.